The number of nitrogens with two attached hydrogens (primary N) is 2. The Morgan fingerprint density at radius 2 is 0.863 bits per heavy atom. The lowest BCUT2D eigenvalue weighted by Gasteiger charge is -2.19. The van der Waals surface area contributed by atoms with E-state index < -0.39 is 60.2 Å². The van der Waals surface area contributed by atoms with Gasteiger partial charge in [-0.05, 0) is 180 Å². The number of nitrogen functional groups attached to an aromatic ring is 2. The summed E-state index contributed by atoms with van der Waals surface area (Å²) in [5, 5.41) is 38.0. The van der Waals surface area contributed by atoms with Crippen LogP contribution in [0.25, 0.3) is 22.7 Å². The largest absolute Gasteiger partial charge is 0.480 e. The average Bonchev–Trinajstić information content (AvgIpc) is 1.66. The quantitative estimate of drug-likeness (QED) is 0.00367. The minimum Gasteiger partial charge on any atom is -0.480 e. The van der Waals surface area contributed by atoms with E-state index in [1.54, 1.807) is 143 Å². The number of aromatic nitrogens is 12. The SMILES string of the molecule is CC(C)c1c(C(=O)O)cnn1-c1ccc(Cl)cc1.CC(C)c1c(N)cnn1-c1ccc(Cl)cc1.COC(=O)/C(=C\N(C)C)C(=O)C(C)C.COC(=O)CC(=O)C(C)C.COC(=O)c1cnn(-c2ccc(Cl)cc2)c1C(C)C.COC(OC)N(C)C.Cc1nc(C(F)(F)F)cn1C(C)C(=O)Cc1cnn(-c2ccc(Cl)cc2)c1C(C)C.Cc1nc(C(F)(F)F)cn1CC(=O)O.Cl.NNc1ccc(Cl)cc1. The van der Waals surface area contributed by atoms with Crippen LogP contribution in [0, 0.1) is 25.7 Å². The molecule has 0 saturated heterocycles. The van der Waals surface area contributed by atoms with E-state index >= 15 is 0 Å². The molecular weight excluding hydrogens is 1950 g/mol. The summed E-state index contributed by atoms with van der Waals surface area (Å²) in [6.45, 7) is 26.9. The van der Waals surface area contributed by atoms with Crippen molar-refractivity contribution in [2.24, 2.45) is 17.7 Å². The van der Waals surface area contributed by atoms with Gasteiger partial charge < -0.3 is 59.1 Å². The predicted octanol–water partition coefficient (Wildman–Crippen LogP) is 20.6. The molecule has 760 valence electrons. The number of esters is 3. The number of Topliss-reactive ketones (excluding diaryl/α,β-unsaturated/α-hetero) is 3. The number of aliphatic carboxylic acids is 1. The molecule has 44 heteroatoms. The van der Waals surface area contributed by atoms with E-state index in [2.05, 4.69) is 59.1 Å². The predicted molar refractivity (Wildman–Crippen MR) is 526 cm³/mol. The number of ketones is 3. The number of carbonyl (C=O) groups is 8. The first-order chi connectivity index (χ1) is 64.4. The van der Waals surface area contributed by atoms with Crippen molar-refractivity contribution in [3.63, 3.8) is 0 Å². The minimum atomic E-state index is -4.55. The second kappa shape index (κ2) is 58.8. The molecule has 1 unspecified atom stereocenters. The summed E-state index contributed by atoms with van der Waals surface area (Å²) in [6, 6.07) is 35.6. The molecule has 0 amide bonds. The molecule has 1 atom stereocenters. The van der Waals surface area contributed by atoms with Gasteiger partial charge in [-0.15, -0.1) is 12.4 Å². The van der Waals surface area contributed by atoms with Gasteiger partial charge in [0.15, 0.2) is 23.0 Å². The number of methoxy groups -OCH3 is 5. The first-order valence-electron chi connectivity index (χ1n) is 42.4. The first kappa shape index (κ1) is 123. The molecule has 0 aliphatic rings. The number of hydrazine groups is 1. The number of carboxylic acids is 2. The topological polar surface area (TPSA) is 401 Å². The normalized spacial score (nSPS) is 11.2. The second-order valence-corrected chi connectivity index (χ2v) is 34.5. The Bertz CT molecular complexity index is 5750. The zero-order chi connectivity index (χ0) is 105. The molecule has 0 saturated carbocycles. The number of hydrogen-bond donors (Lipinski definition) is 5. The summed E-state index contributed by atoms with van der Waals surface area (Å²) in [4.78, 5) is 100. The lowest BCUT2D eigenvalue weighted by atomic mass is 9.99. The number of nitrogens with zero attached hydrogens (tertiary/aromatic N) is 14. The fourth-order valence-electron chi connectivity index (χ4n) is 12.3. The van der Waals surface area contributed by atoms with Gasteiger partial charge in [-0.1, -0.05) is 141 Å². The zero-order valence-corrected chi connectivity index (χ0v) is 86.1. The molecule has 0 bridgehead atoms. The molecule has 5 aromatic carbocycles. The van der Waals surface area contributed by atoms with E-state index in [0.717, 1.165) is 72.6 Å². The van der Waals surface area contributed by atoms with Crippen LogP contribution in [-0.4, -0.2) is 196 Å². The maximum atomic E-state index is 12.9. The molecule has 11 aromatic rings. The molecule has 32 nitrogen and oxygen atoms in total. The fourth-order valence-corrected chi connectivity index (χ4v) is 13.0. The summed E-state index contributed by atoms with van der Waals surface area (Å²) < 4.78 is 108. The number of aromatic carboxylic acids is 1. The highest BCUT2D eigenvalue weighted by Crippen LogP contribution is 2.34. The summed E-state index contributed by atoms with van der Waals surface area (Å²) in [5.41, 5.74) is 16.3. The number of ether oxygens (including phenoxy) is 5. The van der Waals surface area contributed by atoms with Crippen molar-refractivity contribution in [3.8, 4) is 22.7 Å². The number of aryl methyl sites for hydroxylation is 2. The van der Waals surface area contributed by atoms with Crippen LogP contribution < -0.4 is 17.0 Å². The molecule has 0 aliphatic heterocycles. The van der Waals surface area contributed by atoms with Crippen molar-refractivity contribution in [2.75, 3.05) is 74.9 Å². The van der Waals surface area contributed by atoms with Crippen molar-refractivity contribution in [1.29, 1.82) is 0 Å². The maximum Gasteiger partial charge on any atom is 0.434 e. The highest BCUT2D eigenvalue weighted by atomic mass is 35.5. The molecule has 6 aromatic heterocycles. The number of rotatable bonds is 27. The number of anilines is 2. The number of hydrogen-bond acceptors (Lipinski definition) is 24. The Labute approximate surface area is 835 Å². The highest BCUT2D eigenvalue weighted by Gasteiger charge is 2.37. The molecule has 7 N–H and O–H groups in total. The zero-order valence-electron chi connectivity index (χ0n) is 81.5. The van der Waals surface area contributed by atoms with E-state index in [0.29, 0.717) is 43.5 Å². The summed E-state index contributed by atoms with van der Waals surface area (Å²) in [6.07, 6.45) is -0.0545. The van der Waals surface area contributed by atoms with Crippen molar-refractivity contribution in [2.45, 2.75) is 172 Å². The first-order valence-corrected chi connectivity index (χ1v) is 44.3. The van der Waals surface area contributed by atoms with Gasteiger partial charge in [0.1, 0.15) is 47.1 Å². The van der Waals surface area contributed by atoms with E-state index in [9.17, 15) is 64.7 Å². The number of halogens is 12. The summed E-state index contributed by atoms with van der Waals surface area (Å²) in [5.74, 6) is 1.52. The van der Waals surface area contributed by atoms with Crippen LogP contribution in [0.3, 0.4) is 0 Å². The Hall–Kier alpha value is -12.0. The van der Waals surface area contributed by atoms with Crippen molar-refractivity contribution in [1.82, 2.24) is 68.0 Å². The monoisotopic (exact) mass is 2060 g/mol. The van der Waals surface area contributed by atoms with Crippen LogP contribution in [0.15, 0.2) is 170 Å². The van der Waals surface area contributed by atoms with Crippen LogP contribution in [0.4, 0.5) is 37.7 Å². The molecule has 0 radical (unpaired) electrons. The van der Waals surface area contributed by atoms with Gasteiger partial charge >= 0.3 is 42.2 Å². The Morgan fingerprint density at radius 3 is 1.19 bits per heavy atom. The molecule has 0 spiro atoms. The molecular formula is C95H121Cl6F6N17O15. The third-order valence-electron chi connectivity index (χ3n) is 19.1. The number of alkyl halides is 6. The Kier molecular flexibility index (Phi) is 52.1. The lowest BCUT2D eigenvalue weighted by molar-refractivity contribution is -0.179. The van der Waals surface area contributed by atoms with Gasteiger partial charge in [-0.3, -0.25) is 34.7 Å². The molecule has 11 rings (SSSR count). The number of carboxylic acid groups (broad SMARTS) is 2. The van der Waals surface area contributed by atoms with E-state index in [1.807, 2.05) is 138 Å². The smallest absolute Gasteiger partial charge is 0.434 e. The summed E-state index contributed by atoms with van der Waals surface area (Å²) >= 11 is 29.1. The van der Waals surface area contributed by atoms with Gasteiger partial charge in [-0.25, -0.2) is 43.1 Å². The Balaban J connectivity index is 0.000000543. The van der Waals surface area contributed by atoms with Crippen molar-refractivity contribution >= 4 is 129 Å². The van der Waals surface area contributed by atoms with Gasteiger partial charge in [-0.2, -0.15) is 46.7 Å². The molecule has 139 heavy (non-hydrogen) atoms. The lowest BCUT2D eigenvalue weighted by Crippen LogP contribution is -2.30. The third kappa shape index (κ3) is 39.3. The standard InChI is InChI=1S/C21H22ClF3N4O.C14H15ClN2O2.C13H13ClN2O2.C12H14ClN3.C10H17NO3.C7H7F3N2O2.C7H12O3.C6H7ClN2.C5H13NO2.ClH/c1-12(2)20-15(10-26-29(20)17-7-5-16(22)6-8-17)9-18(30)13(3)28-11-19(21(23,24)25)27-14(28)4;1-9(2)13-12(14(18)19-3)8-16-17(13)11-6-4-10(15)5-7-11;1-8(2)12-11(13(17)18)7-15-16(12)10-5-3-9(14)4-6-10;1-8(2)12-11(14)7-15-16(12)10-5-3-9(13)4-6-10;1-7(2)9(12)8(6-11(3)4)10(13)14-5;1-4-11-5(7(8,9)10)2-12(4)3-6(13)14;1-5(2)6(8)4-7(9)10-3;7-5-1-3-6(9-8)4-2-5;1-6(2)5(7-3)8-4;/h5-8,10-13H,9H2,1-4H3;4-9H,1-3H3;3-8H,1-2H3,(H,17,18);3-8H,14H2,1-2H3;6-7H,1-5H3;2H,3H2,1H3,(H,13,14);5H,4H2,1-3H3;1-4,9H,8H2;5H,1-4H3;1H/b;;;;8-6-;;;;;. The minimum absolute atomic E-state index is 0. The van der Waals surface area contributed by atoms with E-state index in [1.165, 1.54) is 58.3 Å². The van der Waals surface area contributed by atoms with E-state index in [4.69, 9.17) is 94.0 Å². The molecule has 0 fully saturated rings. The molecule has 6 heterocycles. The van der Waals surface area contributed by atoms with Gasteiger partial charge in [0.2, 0.25) is 6.41 Å². The number of benzene rings is 5. The van der Waals surface area contributed by atoms with Crippen molar-refractivity contribution in [3.05, 3.63) is 258 Å². The highest BCUT2D eigenvalue weighted by molar-refractivity contribution is 6.32. The number of nitrogens with one attached hydrogen (secondary N) is 1. The average molecular weight is 2070 g/mol. The van der Waals surface area contributed by atoms with E-state index in [-0.39, 0.29) is 107 Å². The molecule has 0 aliphatic carbocycles. The number of carbonyl (C=O) groups excluding carboxylic acids is 6. The number of imidazole rings is 2. The summed E-state index contributed by atoms with van der Waals surface area (Å²) in [7, 11) is 14.4. The van der Waals surface area contributed by atoms with Gasteiger partial charge in [0.25, 0.3) is 0 Å². The fraction of sp³-hybridized carbons (Fsp3) is 0.389. The van der Waals surface area contributed by atoms with Crippen molar-refractivity contribution < 1.29 is 98.6 Å². The van der Waals surface area contributed by atoms with Gasteiger partial charge in [0.05, 0.1) is 103 Å². The van der Waals surface area contributed by atoms with Crippen LogP contribution in [0.2, 0.25) is 25.1 Å². The van der Waals surface area contributed by atoms with Crippen LogP contribution in [-0.2, 0) is 77.8 Å². The van der Waals surface area contributed by atoms with Crippen LogP contribution in [0.1, 0.15) is 198 Å². The van der Waals surface area contributed by atoms with Crippen LogP contribution in [0.5, 0.6) is 0 Å². The second-order valence-electron chi connectivity index (χ2n) is 32.3. The van der Waals surface area contributed by atoms with Gasteiger partial charge in [0, 0.05) is 102 Å². The maximum absolute atomic E-state index is 12.9. The Morgan fingerprint density at radius 1 is 0.489 bits per heavy atom. The third-order valence-corrected chi connectivity index (χ3v) is 20.3. The van der Waals surface area contributed by atoms with Crippen LogP contribution >= 0.6 is 70.4 Å².